The third-order valence-corrected chi connectivity index (χ3v) is 4.63. The molecule has 0 atom stereocenters. The Morgan fingerprint density at radius 3 is 2.42 bits per heavy atom. The molecule has 0 fully saturated rings. The van der Waals surface area contributed by atoms with E-state index < -0.39 is 5.97 Å². The van der Waals surface area contributed by atoms with Gasteiger partial charge in [0.15, 0.2) is 6.61 Å². The highest BCUT2D eigenvalue weighted by molar-refractivity contribution is 6.00. The molecule has 0 radical (unpaired) electrons. The van der Waals surface area contributed by atoms with Crippen molar-refractivity contribution in [2.24, 2.45) is 0 Å². The molecule has 0 heterocycles. The molecule has 0 unspecified atom stereocenters. The summed E-state index contributed by atoms with van der Waals surface area (Å²) in [6.07, 6.45) is 2.93. The number of hydrogen-bond donors (Lipinski definition) is 0. The first-order valence-corrected chi connectivity index (χ1v) is 8.43. The highest BCUT2D eigenvalue weighted by Crippen LogP contribution is 2.21. The summed E-state index contributed by atoms with van der Waals surface area (Å²) < 4.78 is 10.2. The number of ketones is 1. The smallest absolute Gasteiger partial charge is 0.331 e. The van der Waals surface area contributed by atoms with Gasteiger partial charge >= 0.3 is 5.97 Å². The largest absolute Gasteiger partial charge is 0.497 e. The second kappa shape index (κ2) is 8.48. The summed E-state index contributed by atoms with van der Waals surface area (Å²) in [6, 6.07) is 9.16. The summed E-state index contributed by atoms with van der Waals surface area (Å²) >= 11 is 0. The van der Waals surface area contributed by atoms with Crippen LogP contribution in [0.3, 0.4) is 0 Å². The van der Waals surface area contributed by atoms with Crippen LogP contribution in [0.25, 0.3) is 6.08 Å². The van der Waals surface area contributed by atoms with Crippen LogP contribution in [-0.4, -0.2) is 25.5 Å². The zero-order valence-electron chi connectivity index (χ0n) is 15.9. The molecule has 0 aromatic heterocycles. The number of carbonyl (C=O) groups excluding carboxylic acids is 2. The van der Waals surface area contributed by atoms with Crippen LogP contribution in [0.2, 0.25) is 0 Å². The van der Waals surface area contributed by atoms with Crippen LogP contribution >= 0.6 is 0 Å². The number of hydrogen-bond acceptors (Lipinski definition) is 4. The molecule has 2 aromatic carbocycles. The lowest BCUT2D eigenvalue weighted by Gasteiger charge is -2.13. The molecule has 0 spiro atoms. The SMILES string of the molecule is COc1cccc(/C=C/C(=O)OCC(=O)c2cc(C)c(C)c(C)c2C)c1. The number of esters is 1. The zero-order chi connectivity index (χ0) is 19.3. The van der Waals surface area contributed by atoms with Crippen LogP contribution in [0.15, 0.2) is 36.4 Å². The Bertz CT molecular complexity index is 863. The Balaban J connectivity index is 2.01. The first-order valence-electron chi connectivity index (χ1n) is 8.43. The van der Waals surface area contributed by atoms with Gasteiger partial charge in [0.2, 0.25) is 5.78 Å². The number of benzene rings is 2. The second-order valence-electron chi connectivity index (χ2n) is 6.26. The molecule has 0 aliphatic carbocycles. The van der Waals surface area contributed by atoms with Crippen molar-refractivity contribution < 1.29 is 19.1 Å². The van der Waals surface area contributed by atoms with Gasteiger partial charge in [0.25, 0.3) is 0 Å². The number of aryl methyl sites for hydroxylation is 1. The van der Waals surface area contributed by atoms with Gasteiger partial charge in [0, 0.05) is 11.6 Å². The van der Waals surface area contributed by atoms with Crippen LogP contribution in [0.5, 0.6) is 5.75 Å². The molecule has 2 aromatic rings. The van der Waals surface area contributed by atoms with Gasteiger partial charge < -0.3 is 9.47 Å². The molecule has 136 valence electrons. The molecule has 26 heavy (non-hydrogen) atoms. The predicted molar refractivity (Wildman–Crippen MR) is 103 cm³/mol. The minimum absolute atomic E-state index is 0.197. The molecule has 0 bridgehead atoms. The molecule has 0 aliphatic rings. The molecule has 4 heteroatoms. The maximum atomic E-state index is 12.4. The van der Waals surface area contributed by atoms with E-state index >= 15 is 0 Å². The average Bonchev–Trinajstić information content (AvgIpc) is 2.65. The highest BCUT2D eigenvalue weighted by Gasteiger charge is 2.15. The topological polar surface area (TPSA) is 52.6 Å². The van der Waals surface area contributed by atoms with Crippen LogP contribution in [-0.2, 0) is 9.53 Å². The van der Waals surface area contributed by atoms with Gasteiger partial charge in [-0.05, 0) is 79.8 Å². The molecule has 2 rings (SSSR count). The van der Waals surface area contributed by atoms with Crippen LogP contribution in [0.1, 0.15) is 38.2 Å². The number of Topliss-reactive ketones (excluding diaryl/α,β-unsaturated/α-hetero) is 1. The van der Waals surface area contributed by atoms with Gasteiger partial charge in [-0.3, -0.25) is 4.79 Å². The van der Waals surface area contributed by atoms with Gasteiger partial charge in [-0.15, -0.1) is 0 Å². The first kappa shape index (κ1) is 19.4. The minimum Gasteiger partial charge on any atom is -0.497 e. The highest BCUT2D eigenvalue weighted by atomic mass is 16.5. The van der Waals surface area contributed by atoms with E-state index in [4.69, 9.17) is 9.47 Å². The van der Waals surface area contributed by atoms with Crippen molar-refractivity contribution in [3.8, 4) is 5.75 Å². The van der Waals surface area contributed by atoms with Crippen molar-refractivity contribution in [2.75, 3.05) is 13.7 Å². The van der Waals surface area contributed by atoms with Gasteiger partial charge in [-0.1, -0.05) is 12.1 Å². The normalized spacial score (nSPS) is 10.8. The monoisotopic (exact) mass is 352 g/mol. The number of methoxy groups -OCH3 is 1. The van der Waals surface area contributed by atoms with E-state index in [1.807, 2.05) is 52.0 Å². The van der Waals surface area contributed by atoms with Crippen LogP contribution in [0.4, 0.5) is 0 Å². The Morgan fingerprint density at radius 2 is 1.73 bits per heavy atom. The summed E-state index contributed by atoms with van der Waals surface area (Å²) in [4.78, 5) is 24.3. The summed E-state index contributed by atoms with van der Waals surface area (Å²) in [7, 11) is 1.58. The molecule has 0 saturated heterocycles. The molecule has 0 aliphatic heterocycles. The van der Waals surface area contributed by atoms with E-state index in [2.05, 4.69) is 0 Å². The fourth-order valence-electron chi connectivity index (χ4n) is 2.67. The number of rotatable bonds is 6. The Labute approximate surface area is 154 Å². The lowest BCUT2D eigenvalue weighted by molar-refractivity contribution is -0.136. The molecule has 0 amide bonds. The molecule has 0 saturated carbocycles. The van der Waals surface area contributed by atoms with E-state index in [-0.39, 0.29) is 12.4 Å². The summed E-state index contributed by atoms with van der Waals surface area (Å²) in [5, 5.41) is 0. The first-order chi connectivity index (χ1) is 12.3. The maximum absolute atomic E-state index is 12.4. The van der Waals surface area contributed by atoms with Crippen molar-refractivity contribution in [1.82, 2.24) is 0 Å². The molecular formula is C22H24O4. The fourth-order valence-corrected chi connectivity index (χ4v) is 2.67. The van der Waals surface area contributed by atoms with Crippen molar-refractivity contribution in [1.29, 1.82) is 0 Å². The predicted octanol–water partition coefficient (Wildman–Crippen LogP) is 4.37. The number of carbonyl (C=O) groups is 2. The third-order valence-electron chi connectivity index (χ3n) is 4.63. The van der Waals surface area contributed by atoms with E-state index in [9.17, 15) is 9.59 Å². The Morgan fingerprint density at radius 1 is 1.00 bits per heavy atom. The quantitative estimate of drug-likeness (QED) is 0.440. The third kappa shape index (κ3) is 4.60. The molecule has 0 N–H and O–H groups in total. The summed E-state index contributed by atoms with van der Waals surface area (Å²) in [6.45, 7) is 7.65. The lowest BCUT2D eigenvalue weighted by Crippen LogP contribution is -2.15. The van der Waals surface area contributed by atoms with E-state index in [0.29, 0.717) is 11.3 Å². The lowest BCUT2D eigenvalue weighted by atomic mass is 9.93. The van der Waals surface area contributed by atoms with Gasteiger partial charge in [0.1, 0.15) is 5.75 Å². The minimum atomic E-state index is -0.556. The maximum Gasteiger partial charge on any atom is 0.331 e. The van der Waals surface area contributed by atoms with Gasteiger partial charge in [-0.25, -0.2) is 4.79 Å². The zero-order valence-corrected chi connectivity index (χ0v) is 15.9. The van der Waals surface area contributed by atoms with Gasteiger partial charge in [-0.2, -0.15) is 0 Å². The van der Waals surface area contributed by atoms with Gasteiger partial charge in [0.05, 0.1) is 7.11 Å². The van der Waals surface area contributed by atoms with Crippen molar-refractivity contribution in [3.63, 3.8) is 0 Å². The summed E-state index contributed by atoms with van der Waals surface area (Å²) in [5.41, 5.74) is 5.68. The second-order valence-corrected chi connectivity index (χ2v) is 6.26. The standard InChI is InChI=1S/C22H24O4/c1-14-11-20(17(4)16(3)15(14)2)21(23)13-26-22(24)10-9-18-7-6-8-19(12-18)25-5/h6-12H,13H2,1-5H3/b10-9+. The van der Waals surface area contributed by atoms with E-state index in [0.717, 1.165) is 22.3 Å². The average molecular weight is 352 g/mol. The van der Waals surface area contributed by atoms with Crippen LogP contribution < -0.4 is 4.74 Å². The van der Waals surface area contributed by atoms with Crippen molar-refractivity contribution in [2.45, 2.75) is 27.7 Å². The van der Waals surface area contributed by atoms with Crippen molar-refractivity contribution >= 4 is 17.8 Å². The summed E-state index contributed by atoms with van der Waals surface area (Å²) in [5.74, 6) is -0.0486. The van der Waals surface area contributed by atoms with Crippen LogP contribution in [0, 0.1) is 27.7 Å². The Hall–Kier alpha value is -2.88. The Kier molecular flexibility index (Phi) is 6.34. The van der Waals surface area contributed by atoms with E-state index in [1.54, 1.807) is 19.3 Å². The fraction of sp³-hybridized carbons (Fsp3) is 0.273. The van der Waals surface area contributed by atoms with E-state index in [1.165, 1.54) is 11.6 Å². The molecular weight excluding hydrogens is 328 g/mol. The number of ether oxygens (including phenoxy) is 2. The van der Waals surface area contributed by atoms with Crippen molar-refractivity contribution in [3.05, 3.63) is 69.8 Å². The molecule has 4 nitrogen and oxygen atoms in total.